The molecule has 0 spiro atoms. The normalized spacial score (nSPS) is 10.3. The van der Waals surface area contributed by atoms with Crippen molar-refractivity contribution < 1.29 is 9.32 Å². The van der Waals surface area contributed by atoms with Crippen LogP contribution in [0.4, 0.5) is 4.79 Å². The summed E-state index contributed by atoms with van der Waals surface area (Å²) >= 11 is 8.72. The number of halogens is 2. The predicted octanol–water partition coefficient (Wildman–Crippen LogP) is 1.52. The molecule has 0 unspecified atom stereocenters. The Balaban J connectivity index is 3.24. The van der Waals surface area contributed by atoms with Gasteiger partial charge < -0.3 is 9.42 Å². The highest BCUT2D eigenvalue weighted by atomic mass is 79.9. The van der Waals surface area contributed by atoms with Crippen molar-refractivity contribution in [3.63, 3.8) is 0 Å². The van der Waals surface area contributed by atoms with E-state index in [2.05, 4.69) is 15.9 Å². The fourth-order valence-electron chi connectivity index (χ4n) is 0.791. The van der Waals surface area contributed by atoms with Crippen LogP contribution in [-0.2, 0) is 5.33 Å². The average Bonchev–Trinajstić information content (AvgIpc) is 2.43. The number of nitrogens with zero attached hydrogens (tertiary/aromatic N) is 2. The standard InChI is InChI=1S/C7H8BrClN2O3/c1-10(2)7(13)11-6(12)5(9)4(3-8)14-11/h3H2,1-2H3. The Morgan fingerprint density at radius 2 is 2.21 bits per heavy atom. The molecule has 78 valence electrons. The molecule has 0 aromatic carbocycles. The average molecular weight is 284 g/mol. The summed E-state index contributed by atoms with van der Waals surface area (Å²) in [7, 11) is 3.03. The van der Waals surface area contributed by atoms with Gasteiger partial charge in [-0.25, -0.2) is 4.79 Å². The molecular formula is C7H8BrClN2O3. The second-order valence-corrected chi connectivity index (χ2v) is 3.68. The zero-order valence-corrected chi connectivity index (χ0v) is 9.92. The van der Waals surface area contributed by atoms with Gasteiger partial charge in [0.15, 0.2) is 10.8 Å². The number of carbonyl (C=O) groups excluding carboxylic acids is 1. The molecule has 5 nitrogen and oxygen atoms in total. The Labute approximate surface area is 93.3 Å². The summed E-state index contributed by atoms with van der Waals surface area (Å²) in [5.41, 5.74) is -0.639. The van der Waals surface area contributed by atoms with Crippen LogP contribution in [0, 0.1) is 0 Å². The number of carbonyl (C=O) groups is 1. The molecule has 0 aliphatic heterocycles. The molecule has 0 aliphatic carbocycles. The lowest BCUT2D eigenvalue weighted by Crippen LogP contribution is -2.33. The predicted molar refractivity (Wildman–Crippen MR) is 55.1 cm³/mol. The molecular weight excluding hydrogens is 275 g/mol. The maximum absolute atomic E-state index is 11.4. The number of aromatic nitrogens is 1. The Bertz CT molecular complexity index is 410. The van der Waals surface area contributed by atoms with E-state index in [1.165, 1.54) is 19.0 Å². The highest BCUT2D eigenvalue weighted by Gasteiger charge is 2.19. The van der Waals surface area contributed by atoms with Gasteiger partial charge in [0, 0.05) is 14.1 Å². The second-order valence-electron chi connectivity index (χ2n) is 2.74. The summed E-state index contributed by atoms with van der Waals surface area (Å²) in [5, 5.41) is 0.214. The Morgan fingerprint density at radius 1 is 1.64 bits per heavy atom. The fourth-order valence-corrected chi connectivity index (χ4v) is 1.51. The molecule has 1 aromatic heterocycles. The lowest BCUT2D eigenvalue weighted by molar-refractivity contribution is 0.182. The van der Waals surface area contributed by atoms with Crippen LogP contribution in [0.2, 0.25) is 5.02 Å². The molecule has 0 saturated carbocycles. The highest BCUT2D eigenvalue weighted by molar-refractivity contribution is 9.08. The number of hydrogen-bond donors (Lipinski definition) is 0. The quantitative estimate of drug-likeness (QED) is 0.734. The molecule has 0 atom stereocenters. The van der Waals surface area contributed by atoms with Gasteiger partial charge in [0.2, 0.25) is 0 Å². The fraction of sp³-hybridized carbons (Fsp3) is 0.429. The van der Waals surface area contributed by atoms with E-state index in [4.69, 9.17) is 16.1 Å². The first-order valence-corrected chi connectivity index (χ1v) is 5.17. The van der Waals surface area contributed by atoms with Gasteiger partial charge in [0.05, 0.1) is 5.33 Å². The minimum Gasteiger partial charge on any atom is -0.369 e. The van der Waals surface area contributed by atoms with Crippen molar-refractivity contribution in [2.45, 2.75) is 5.33 Å². The van der Waals surface area contributed by atoms with Crippen molar-refractivity contribution >= 4 is 33.6 Å². The molecule has 14 heavy (non-hydrogen) atoms. The van der Waals surface area contributed by atoms with Gasteiger partial charge in [-0.15, -0.1) is 0 Å². The lowest BCUT2D eigenvalue weighted by Gasteiger charge is -2.07. The third-order valence-corrected chi connectivity index (χ3v) is 2.38. The summed E-state index contributed by atoms with van der Waals surface area (Å²) in [5.74, 6) is 0.242. The van der Waals surface area contributed by atoms with Crippen LogP contribution in [0.3, 0.4) is 0 Å². The van der Waals surface area contributed by atoms with Gasteiger partial charge in [-0.1, -0.05) is 32.3 Å². The monoisotopic (exact) mass is 282 g/mol. The van der Waals surface area contributed by atoms with Crippen LogP contribution in [0.25, 0.3) is 0 Å². The van der Waals surface area contributed by atoms with E-state index in [1.807, 2.05) is 0 Å². The minimum atomic E-state index is -0.639. The van der Waals surface area contributed by atoms with Crippen LogP contribution >= 0.6 is 27.5 Å². The number of rotatable bonds is 1. The zero-order valence-electron chi connectivity index (χ0n) is 7.58. The molecule has 0 aliphatic rings. The molecule has 1 amide bonds. The Kier molecular flexibility index (Phi) is 3.38. The highest BCUT2D eigenvalue weighted by Crippen LogP contribution is 2.14. The van der Waals surface area contributed by atoms with E-state index in [0.29, 0.717) is 4.74 Å². The van der Waals surface area contributed by atoms with Gasteiger partial charge in [0.1, 0.15) is 0 Å². The molecule has 0 bridgehead atoms. The van der Waals surface area contributed by atoms with Crippen LogP contribution in [0.15, 0.2) is 9.32 Å². The van der Waals surface area contributed by atoms with Gasteiger partial charge in [-0.3, -0.25) is 4.79 Å². The Hall–Kier alpha value is -0.750. The molecule has 0 N–H and O–H groups in total. The van der Waals surface area contributed by atoms with Crippen LogP contribution in [0.5, 0.6) is 0 Å². The van der Waals surface area contributed by atoms with Crippen molar-refractivity contribution in [3.8, 4) is 0 Å². The van der Waals surface area contributed by atoms with E-state index in [0.717, 1.165) is 0 Å². The zero-order chi connectivity index (χ0) is 10.9. The first-order chi connectivity index (χ1) is 6.49. The lowest BCUT2D eigenvalue weighted by atomic mass is 10.5. The SMILES string of the molecule is CN(C)C(=O)n1oc(CBr)c(Cl)c1=O. The van der Waals surface area contributed by atoms with E-state index >= 15 is 0 Å². The number of alkyl halides is 1. The number of hydrogen-bond acceptors (Lipinski definition) is 3. The smallest absolute Gasteiger partial charge is 0.360 e. The summed E-state index contributed by atoms with van der Waals surface area (Å²) < 4.78 is 5.58. The van der Waals surface area contributed by atoms with Crippen molar-refractivity contribution in [1.82, 2.24) is 9.64 Å². The summed E-state index contributed by atoms with van der Waals surface area (Å²) in [6.07, 6.45) is 0. The molecule has 1 aromatic rings. The van der Waals surface area contributed by atoms with E-state index in [-0.39, 0.29) is 16.1 Å². The van der Waals surface area contributed by atoms with Crippen molar-refractivity contribution in [3.05, 3.63) is 21.1 Å². The minimum absolute atomic E-state index is 0.0722. The van der Waals surface area contributed by atoms with E-state index in [1.54, 1.807) is 0 Å². The van der Waals surface area contributed by atoms with Crippen LogP contribution in [0.1, 0.15) is 5.76 Å². The van der Waals surface area contributed by atoms with E-state index < -0.39 is 11.6 Å². The first kappa shape index (κ1) is 11.3. The summed E-state index contributed by atoms with van der Waals surface area (Å²) in [6, 6.07) is -0.566. The molecule has 0 saturated heterocycles. The number of amides is 1. The first-order valence-electron chi connectivity index (χ1n) is 3.67. The molecule has 7 heteroatoms. The van der Waals surface area contributed by atoms with E-state index in [9.17, 15) is 9.59 Å². The van der Waals surface area contributed by atoms with Gasteiger partial charge in [-0.2, -0.15) is 0 Å². The largest absolute Gasteiger partial charge is 0.369 e. The molecule has 0 fully saturated rings. The van der Waals surface area contributed by atoms with Gasteiger partial charge in [0.25, 0.3) is 0 Å². The van der Waals surface area contributed by atoms with Crippen LogP contribution < -0.4 is 5.56 Å². The van der Waals surface area contributed by atoms with Crippen molar-refractivity contribution in [1.29, 1.82) is 0 Å². The molecule has 1 rings (SSSR count). The molecule has 0 radical (unpaired) electrons. The maximum Gasteiger partial charge on any atom is 0.360 e. The topological polar surface area (TPSA) is 55.5 Å². The van der Waals surface area contributed by atoms with Crippen molar-refractivity contribution in [2.24, 2.45) is 0 Å². The summed E-state index contributed by atoms with van der Waals surface area (Å²) in [4.78, 5) is 24.0. The molecule has 1 heterocycles. The van der Waals surface area contributed by atoms with Gasteiger partial charge >= 0.3 is 11.6 Å². The maximum atomic E-state index is 11.4. The Morgan fingerprint density at radius 3 is 2.57 bits per heavy atom. The third-order valence-electron chi connectivity index (χ3n) is 1.50. The second kappa shape index (κ2) is 4.18. The van der Waals surface area contributed by atoms with Crippen molar-refractivity contribution in [2.75, 3.05) is 14.1 Å². The third kappa shape index (κ3) is 1.85. The van der Waals surface area contributed by atoms with Crippen LogP contribution in [-0.4, -0.2) is 29.8 Å². The van der Waals surface area contributed by atoms with Gasteiger partial charge in [-0.05, 0) is 0 Å². The summed E-state index contributed by atoms with van der Waals surface area (Å²) in [6.45, 7) is 0.